The molecule has 8 heteroatoms. The SMILES string of the molecule is CCCS(=O)(=O)N1CCc2nn(C)c(=O)n2CC1. The third-order valence-electron chi connectivity index (χ3n) is 3.10. The van der Waals surface area contributed by atoms with Gasteiger partial charge in [-0.15, -0.1) is 0 Å². The van der Waals surface area contributed by atoms with Gasteiger partial charge in [-0.05, 0) is 6.42 Å². The van der Waals surface area contributed by atoms with Gasteiger partial charge in [-0.3, -0.25) is 4.57 Å². The molecule has 0 aliphatic carbocycles. The molecule has 102 valence electrons. The highest BCUT2D eigenvalue weighted by atomic mass is 32.2. The van der Waals surface area contributed by atoms with Crippen LogP contribution in [0.2, 0.25) is 0 Å². The Morgan fingerprint density at radius 1 is 1.28 bits per heavy atom. The van der Waals surface area contributed by atoms with Crippen LogP contribution in [0.25, 0.3) is 0 Å². The second kappa shape index (κ2) is 4.85. The number of sulfonamides is 1. The third-order valence-corrected chi connectivity index (χ3v) is 5.17. The van der Waals surface area contributed by atoms with Crippen LogP contribution in [0.4, 0.5) is 0 Å². The molecule has 1 aliphatic rings. The molecule has 1 aliphatic heterocycles. The highest BCUT2D eigenvalue weighted by Crippen LogP contribution is 2.10. The molecule has 2 rings (SSSR count). The summed E-state index contributed by atoms with van der Waals surface area (Å²) < 4.78 is 28.3. The minimum atomic E-state index is -3.19. The Morgan fingerprint density at radius 2 is 2.00 bits per heavy atom. The predicted octanol–water partition coefficient (Wildman–Crippen LogP) is -0.820. The van der Waals surface area contributed by atoms with Gasteiger partial charge in [-0.2, -0.15) is 9.40 Å². The van der Waals surface area contributed by atoms with Gasteiger partial charge in [0.05, 0.1) is 5.75 Å². The van der Waals surface area contributed by atoms with E-state index < -0.39 is 10.0 Å². The Bertz CT molecular complexity index is 587. The van der Waals surface area contributed by atoms with Crippen molar-refractivity contribution in [1.29, 1.82) is 0 Å². The number of hydrogen-bond acceptors (Lipinski definition) is 4. The molecular formula is C10H18N4O3S. The third kappa shape index (κ3) is 2.35. The molecule has 0 aromatic carbocycles. The molecule has 1 aromatic rings. The number of rotatable bonds is 3. The first-order chi connectivity index (χ1) is 8.45. The highest BCUT2D eigenvalue weighted by molar-refractivity contribution is 7.89. The fraction of sp³-hybridized carbons (Fsp3) is 0.800. The molecule has 0 N–H and O–H groups in total. The van der Waals surface area contributed by atoms with Gasteiger partial charge < -0.3 is 0 Å². The lowest BCUT2D eigenvalue weighted by Gasteiger charge is -2.18. The summed E-state index contributed by atoms with van der Waals surface area (Å²) in [6.07, 6.45) is 1.09. The van der Waals surface area contributed by atoms with Crippen LogP contribution < -0.4 is 5.69 Å². The lowest BCUT2D eigenvalue weighted by atomic mass is 10.4. The second-order valence-electron chi connectivity index (χ2n) is 4.44. The van der Waals surface area contributed by atoms with Crippen molar-refractivity contribution in [2.45, 2.75) is 26.3 Å². The van der Waals surface area contributed by atoms with Crippen molar-refractivity contribution in [3.63, 3.8) is 0 Å². The molecule has 0 amide bonds. The van der Waals surface area contributed by atoms with E-state index in [4.69, 9.17) is 0 Å². The average Bonchev–Trinajstić information content (AvgIpc) is 2.50. The number of hydrogen-bond donors (Lipinski definition) is 0. The van der Waals surface area contributed by atoms with Crippen LogP contribution in [0.1, 0.15) is 19.2 Å². The van der Waals surface area contributed by atoms with Crippen molar-refractivity contribution < 1.29 is 8.42 Å². The summed E-state index contributed by atoms with van der Waals surface area (Å²) >= 11 is 0. The molecule has 0 unspecified atom stereocenters. The van der Waals surface area contributed by atoms with E-state index in [2.05, 4.69) is 5.10 Å². The standard InChI is InChI=1S/C10H18N4O3S/c1-3-8-18(16,17)13-5-4-9-11-12(2)10(15)14(9)7-6-13/h3-8H2,1-2H3. The van der Waals surface area contributed by atoms with Crippen LogP contribution in [0.3, 0.4) is 0 Å². The van der Waals surface area contributed by atoms with Gasteiger partial charge in [0, 0.05) is 33.1 Å². The van der Waals surface area contributed by atoms with Gasteiger partial charge in [0.1, 0.15) is 5.82 Å². The molecule has 7 nitrogen and oxygen atoms in total. The van der Waals surface area contributed by atoms with Crippen LogP contribution in [0.15, 0.2) is 4.79 Å². The average molecular weight is 274 g/mol. The summed E-state index contributed by atoms with van der Waals surface area (Å²) in [6.45, 7) is 2.97. The molecule has 0 radical (unpaired) electrons. The summed E-state index contributed by atoms with van der Waals surface area (Å²) in [4.78, 5) is 11.7. The first kappa shape index (κ1) is 13.3. The molecule has 0 saturated heterocycles. The van der Waals surface area contributed by atoms with Crippen LogP contribution in [-0.2, 0) is 30.0 Å². The maximum atomic E-state index is 12.0. The van der Waals surface area contributed by atoms with Gasteiger partial charge in [-0.25, -0.2) is 17.9 Å². The zero-order chi connectivity index (χ0) is 13.3. The topological polar surface area (TPSA) is 77.2 Å². The lowest BCUT2D eigenvalue weighted by Crippen LogP contribution is -2.36. The molecule has 18 heavy (non-hydrogen) atoms. The first-order valence-corrected chi connectivity index (χ1v) is 7.67. The second-order valence-corrected chi connectivity index (χ2v) is 6.53. The molecular weight excluding hydrogens is 256 g/mol. The van der Waals surface area contributed by atoms with E-state index in [0.29, 0.717) is 38.3 Å². The maximum absolute atomic E-state index is 12.0. The number of aryl methyl sites for hydroxylation is 1. The molecule has 0 atom stereocenters. The van der Waals surface area contributed by atoms with Crippen LogP contribution in [-0.4, -0.2) is 45.9 Å². The molecule has 0 saturated carbocycles. The summed E-state index contributed by atoms with van der Waals surface area (Å²) in [5, 5.41) is 4.12. The van der Waals surface area contributed by atoms with E-state index >= 15 is 0 Å². The van der Waals surface area contributed by atoms with E-state index in [1.165, 1.54) is 8.99 Å². The Morgan fingerprint density at radius 3 is 2.67 bits per heavy atom. The zero-order valence-corrected chi connectivity index (χ0v) is 11.5. The normalized spacial score (nSPS) is 17.4. The molecule has 2 heterocycles. The Hall–Kier alpha value is -1.15. The van der Waals surface area contributed by atoms with Gasteiger partial charge in [0.25, 0.3) is 0 Å². The van der Waals surface area contributed by atoms with Crippen molar-refractivity contribution in [3.8, 4) is 0 Å². The van der Waals surface area contributed by atoms with Crippen molar-refractivity contribution in [1.82, 2.24) is 18.7 Å². The quantitative estimate of drug-likeness (QED) is 0.721. The van der Waals surface area contributed by atoms with Crippen molar-refractivity contribution in [2.24, 2.45) is 7.05 Å². The Balaban J connectivity index is 2.21. The first-order valence-electron chi connectivity index (χ1n) is 6.06. The van der Waals surface area contributed by atoms with Gasteiger partial charge in [0.15, 0.2) is 0 Å². The largest absolute Gasteiger partial charge is 0.345 e. The molecule has 0 fully saturated rings. The molecule has 1 aromatic heterocycles. The van der Waals surface area contributed by atoms with Crippen LogP contribution in [0.5, 0.6) is 0 Å². The van der Waals surface area contributed by atoms with E-state index in [1.807, 2.05) is 6.92 Å². The highest BCUT2D eigenvalue weighted by Gasteiger charge is 2.25. The van der Waals surface area contributed by atoms with E-state index in [-0.39, 0.29) is 11.4 Å². The van der Waals surface area contributed by atoms with Crippen molar-refractivity contribution >= 4 is 10.0 Å². The summed E-state index contributed by atoms with van der Waals surface area (Å²) in [7, 11) is -1.59. The molecule has 0 bridgehead atoms. The number of aromatic nitrogens is 3. The van der Waals surface area contributed by atoms with Gasteiger partial charge in [0.2, 0.25) is 10.0 Å². The minimum absolute atomic E-state index is 0.160. The van der Waals surface area contributed by atoms with Crippen molar-refractivity contribution in [2.75, 3.05) is 18.8 Å². The van der Waals surface area contributed by atoms with Gasteiger partial charge >= 0.3 is 5.69 Å². The predicted molar refractivity (Wildman–Crippen MR) is 66.8 cm³/mol. The zero-order valence-electron chi connectivity index (χ0n) is 10.7. The fourth-order valence-corrected chi connectivity index (χ4v) is 3.68. The monoisotopic (exact) mass is 274 g/mol. The van der Waals surface area contributed by atoms with E-state index in [0.717, 1.165) is 0 Å². The maximum Gasteiger partial charge on any atom is 0.345 e. The summed E-state index contributed by atoms with van der Waals surface area (Å²) in [6, 6.07) is 0. The summed E-state index contributed by atoms with van der Waals surface area (Å²) in [5.74, 6) is 0.824. The van der Waals surface area contributed by atoms with E-state index in [1.54, 1.807) is 11.6 Å². The van der Waals surface area contributed by atoms with Crippen LogP contribution >= 0.6 is 0 Å². The van der Waals surface area contributed by atoms with E-state index in [9.17, 15) is 13.2 Å². The lowest BCUT2D eigenvalue weighted by molar-refractivity contribution is 0.411. The number of nitrogens with zero attached hydrogens (tertiary/aromatic N) is 4. The Kier molecular flexibility index (Phi) is 3.58. The van der Waals surface area contributed by atoms with Crippen LogP contribution in [0, 0.1) is 0 Å². The molecule has 0 spiro atoms. The number of fused-ring (bicyclic) bond motifs is 1. The van der Waals surface area contributed by atoms with Crippen molar-refractivity contribution in [3.05, 3.63) is 16.3 Å². The Labute approximate surface area is 106 Å². The van der Waals surface area contributed by atoms with Gasteiger partial charge in [-0.1, -0.05) is 6.92 Å². The summed E-state index contributed by atoms with van der Waals surface area (Å²) in [5.41, 5.74) is -0.181. The minimum Gasteiger partial charge on any atom is -0.278 e. The smallest absolute Gasteiger partial charge is 0.278 e. The fourth-order valence-electron chi connectivity index (χ4n) is 2.18.